The average Bonchev–Trinajstić information content (AvgIpc) is 2.45. The standard InChI is InChI=1S/C16H30N2O3/c1-6-13-14(19)18(9-11-21-10-8-12(3)4)16(5,7-2)15(20)17-13/h12-13H,6-11H2,1-5H3,(H,17,20). The van der Waals surface area contributed by atoms with Crippen LogP contribution in [0.1, 0.15) is 53.9 Å². The van der Waals surface area contributed by atoms with Crippen LogP contribution < -0.4 is 5.32 Å². The van der Waals surface area contributed by atoms with Crippen molar-refractivity contribution in [1.29, 1.82) is 0 Å². The number of nitrogens with one attached hydrogen (secondary N) is 1. The molecule has 0 aromatic carbocycles. The first-order valence-electron chi connectivity index (χ1n) is 8.07. The van der Waals surface area contributed by atoms with Gasteiger partial charge in [-0.1, -0.05) is 27.7 Å². The predicted octanol–water partition coefficient (Wildman–Crippen LogP) is 1.95. The van der Waals surface area contributed by atoms with Gasteiger partial charge in [0, 0.05) is 13.2 Å². The molecule has 2 atom stereocenters. The number of nitrogens with zero attached hydrogens (tertiary/aromatic N) is 1. The molecule has 1 fully saturated rings. The van der Waals surface area contributed by atoms with E-state index >= 15 is 0 Å². The first-order chi connectivity index (χ1) is 9.86. The smallest absolute Gasteiger partial charge is 0.246 e. The Labute approximate surface area is 128 Å². The largest absolute Gasteiger partial charge is 0.380 e. The van der Waals surface area contributed by atoms with E-state index < -0.39 is 11.6 Å². The highest BCUT2D eigenvalue weighted by atomic mass is 16.5. The summed E-state index contributed by atoms with van der Waals surface area (Å²) in [5.41, 5.74) is -0.760. The van der Waals surface area contributed by atoms with Crippen LogP contribution in [-0.2, 0) is 14.3 Å². The number of ether oxygens (including phenoxy) is 1. The maximum Gasteiger partial charge on any atom is 0.246 e. The third kappa shape index (κ3) is 4.19. The molecule has 5 heteroatoms. The lowest BCUT2D eigenvalue weighted by Crippen LogP contribution is -2.69. The summed E-state index contributed by atoms with van der Waals surface area (Å²) in [6.45, 7) is 11.7. The molecule has 0 aliphatic carbocycles. The summed E-state index contributed by atoms with van der Waals surface area (Å²) in [5.74, 6) is 0.560. The molecule has 0 saturated carbocycles. The van der Waals surface area contributed by atoms with Gasteiger partial charge in [0.25, 0.3) is 0 Å². The summed E-state index contributed by atoms with van der Waals surface area (Å²) < 4.78 is 5.61. The van der Waals surface area contributed by atoms with Crippen molar-refractivity contribution >= 4 is 11.8 Å². The Bertz CT molecular complexity index is 371. The van der Waals surface area contributed by atoms with E-state index in [1.54, 1.807) is 4.90 Å². The summed E-state index contributed by atoms with van der Waals surface area (Å²) in [5, 5.41) is 2.83. The van der Waals surface area contributed by atoms with Crippen molar-refractivity contribution in [2.45, 2.75) is 65.5 Å². The molecule has 21 heavy (non-hydrogen) atoms. The molecule has 1 rings (SSSR count). The minimum atomic E-state index is -0.760. The molecule has 1 saturated heterocycles. The highest BCUT2D eigenvalue weighted by Gasteiger charge is 2.47. The van der Waals surface area contributed by atoms with E-state index in [0.717, 1.165) is 6.42 Å². The van der Waals surface area contributed by atoms with Crippen LogP contribution in [0.5, 0.6) is 0 Å². The van der Waals surface area contributed by atoms with Crippen molar-refractivity contribution in [2.75, 3.05) is 19.8 Å². The van der Waals surface area contributed by atoms with E-state index in [-0.39, 0.29) is 11.8 Å². The molecule has 0 aromatic heterocycles. The molecule has 0 aromatic rings. The Balaban J connectivity index is 2.64. The van der Waals surface area contributed by atoms with E-state index in [9.17, 15) is 9.59 Å². The SMILES string of the molecule is CCC1NC(=O)C(C)(CC)N(CCOCCC(C)C)C1=O. The molecule has 0 bridgehead atoms. The highest BCUT2D eigenvalue weighted by molar-refractivity contribution is 5.99. The van der Waals surface area contributed by atoms with Gasteiger partial charge in [-0.15, -0.1) is 0 Å². The van der Waals surface area contributed by atoms with Gasteiger partial charge in [-0.2, -0.15) is 0 Å². The van der Waals surface area contributed by atoms with Crippen molar-refractivity contribution in [3.63, 3.8) is 0 Å². The maximum absolute atomic E-state index is 12.5. The van der Waals surface area contributed by atoms with Gasteiger partial charge >= 0.3 is 0 Å². The van der Waals surface area contributed by atoms with E-state index in [0.29, 0.717) is 38.5 Å². The minimum absolute atomic E-state index is 0.00825. The molecule has 1 N–H and O–H groups in total. The molecule has 1 aliphatic heterocycles. The third-order valence-corrected chi connectivity index (χ3v) is 4.35. The molecule has 122 valence electrons. The quantitative estimate of drug-likeness (QED) is 0.697. The summed E-state index contributed by atoms with van der Waals surface area (Å²) in [7, 11) is 0. The van der Waals surface area contributed by atoms with Crippen LogP contribution in [0.25, 0.3) is 0 Å². The Morgan fingerprint density at radius 3 is 2.48 bits per heavy atom. The van der Waals surface area contributed by atoms with Gasteiger partial charge < -0.3 is 15.0 Å². The van der Waals surface area contributed by atoms with Crippen molar-refractivity contribution in [3.8, 4) is 0 Å². The molecule has 1 heterocycles. The topological polar surface area (TPSA) is 58.6 Å². The van der Waals surface area contributed by atoms with Gasteiger partial charge in [0.2, 0.25) is 11.8 Å². The zero-order chi connectivity index (χ0) is 16.0. The van der Waals surface area contributed by atoms with Gasteiger partial charge in [-0.25, -0.2) is 0 Å². The van der Waals surface area contributed by atoms with E-state index in [4.69, 9.17) is 4.74 Å². The van der Waals surface area contributed by atoms with Crippen LogP contribution in [-0.4, -0.2) is 48.1 Å². The number of hydrogen-bond acceptors (Lipinski definition) is 3. The van der Waals surface area contributed by atoms with Gasteiger partial charge in [0.15, 0.2) is 0 Å². The summed E-state index contributed by atoms with van der Waals surface area (Å²) in [6, 6.07) is -0.396. The molecule has 2 amide bonds. The minimum Gasteiger partial charge on any atom is -0.380 e. The van der Waals surface area contributed by atoms with Crippen LogP contribution >= 0.6 is 0 Å². The number of piperazine rings is 1. The molecule has 5 nitrogen and oxygen atoms in total. The zero-order valence-electron chi connectivity index (χ0n) is 14.1. The van der Waals surface area contributed by atoms with Gasteiger partial charge in [-0.05, 0) is 32.1 Å². The maximum atomic E-state index is 12.5. The molecule has 1 aliphatic rings. The second-order valence-electron chi connectivity index (χ2n) is 6.35. The lowest BCUT2D eigenvalue weighted by molar-refractivity contribution is -0.157. The van der Waals surface area contributed by atoms with Crippen molar-refractivity contribution in [2.24, 2.45) is 5.92 Å². The molecule has 0 radical (unpaired) electrons. The molecule has 2 unspecified atom stereocenters. The fourth-order valence-electron chi connectivity index (χ4n) is 2.49. The third-order valence-electron chi connectivity index (χ3n) is 4.35. The molecule has 0 spiro atoms. The van der Waals surface area contributed by atoms with Crippen LogP contribution in [0.4, 0.5) is 0 Å². The van der Waals surface area contributed by atoms with Crippen molar-refractivity contribution in [1.82, 2.24) is 10.2 Å². The Morgan fingerprint density at radius 2 is 1.95 bits per heavy atom. The van der Waals surface area contributed by atoms with E-state index in [2.05, 4.69) is 19.2 Å². The molecular formula is C16H30N2O3. The normalized spacial score (nSPS) is 26.4. The van der Waals surface area contributed by atoms with Crippen LogP contribution in [0.3, 0.4) is 0 Å². The van der Waals surface area contributed by atoms with Gasteiger partial charge in [0.1, 0.15) is 11.6 Å². The molecular weight excluding hydrogens is 268 g/mol. The Morgan fingerprint density at radius 1 is 1.29 bits per heavy atom. The lowest BCUT2D eigenvalue weighted by atomic mass is 9.90. The zero-order valence-corrected chi connectivity index (χ0v) is 14.1. The fraction of sp³-hybridized carbons (Fsp3) is 0.875. The highest BCUT2D eigenvalue weighted by Crippen LogP contribution is 2.25. The fourth-order valence-corrected chi connectivity index (χ4v) is 2.49. The van der Waals surface area contributed by atoms with Crippen LogP contribution in [0, 0.1) is 5.92 Å². The lowest BCUT2D eigenvalue weighted by Gasteiger charge is -2.45. The van der Waals surface area contributed by atoms with Crippen molar-refractivity contribution < 1.29 is 14.3 Å². The second kappa shape index (κ2) is 7.78. The van der Waals surface area contributed by atoms with E-state index in [1.807, 2.05) is 20.8 Å². The number of amides is 2. The Kier molecular flexibility index (Phi) is 6.65. The Hall–Kier alpha value is -1.10. The summed E-state index contributed by atoms with van der Waals surface area (Å²) >= 11 is 0. The monoisotopic (exact) mass is 298 g/mol. The van der Waals surface area contributed by atoms with Gasteiger partial charge in [-0.3, -0.25) is 9.59 Å². The first-order valence-corrected chi connectivity index (χ1v) is 8.07. The summed E-state index contributed by atoms with van der Waals surface area (Å²) in [4.78, 5) is 26.5. The number of rotatable bonds is 8. The predicted molar refractivity (Wildman–Crippen MR) is 82.9 cm³/mol. The van der Waals surface area contributed by atoms with Crippen LogP contribution in [0.15, 0.2) is 0 Å². The number of hydrogen-bond donors (Lipinski definition) is 1. The van der Waals surface area contributed by atoms with Crippen LogP contribution in [0.2, 0.25) is 0 Å². The first kappa shape index (κ1) is 18.0. The average molecular weight is 298 g/mol. The number of carbonyl (C=O) groups is 2. The second-order valence-corrected chi connectivity index (χ2v) is 6.35. The van der Waals surface area contributed by atoms with E-state index in [1.165, 1.54) is 0 Å². The van der Waals surface area contributed by atoms with Gasteiger partial charge in [0.05, 0.1) is 6.61 Å². The summed E-state index contributed by atoms with van der Waals surface area (Å²) in [6.07, 6.45) is 2.24. The number of carbonyl (C=O) groups excluding carboxylic acids is 2. The van der Waals surface area contributed by atoms with Crippen molar-refractivity contribution in [3.05, 3.63) is 0 Å².